The highest BCUT2D eigenvalue weighted by Gasteiger charge is 2.16. The van der Waals surface area contributed by atoms with Crippen LogP contribution < -0.4 is 0 Å². The van der Waals surface area contributed by atoms with Crippen LogP contribution in [0.25, 0.3) is 22.4 Å². The highest BCUT2D eigenvalue weighted by Crippen LogP contribution is 2.27. The van der Waals surface area contributed by atoms with Gasteiger partial charge in [-0.1, -0.05) is 6.92 Å². The van der Waals surface area contributed by atoms with Crippen LogP contribution in [-0.4, -0.2) is 19.3 Å². The van der Waals surface area contributed by atoms with Crippen molar-refractivity contribution in [1.82, 2.24) is 19.3 Å². The van der Waals surface area contributed by atoms with E-state index in [2.05, 4.69) is 22.7 Å². The number of nitriles is 1. The largest absolute Gasteiger partial charge is 0.324 e. The van der Waals surface area contributed by atoms with Crippen molar-refractivity contribution >= 4 is 11.0 Å². The van der Waals surface area contributed by atoms with Crippen LogP contribution in [0.15, 0.2) is 24.4 Å². The minimum absolute atomic E-state index is 0.637. The van der Waals surface area contributed by atoms with E-state index < -0.39 is 0 Å². The van der Waals surface area contributed by atoms with Gasteiger partial charge in [0.25, 0.3) is 0 Å². The van der Waals surface area contributed by atoms with E-state index >= 15 is 0 Å². The Balaban J connectivity index is 2.28. The van der Waals surface area contributed by atoms with Gasteiger partial charge >= 0.3 is 0 Å². The monoisotopic (exact) mass is 279 g/mol. The molecule has 0 unspecified atom stereocenters. The number of hydrogen-bond donors (Lipinski definition) is 0. The Hall–Kier alpha value is -2.61. The summed E-state index contributed by atoms with van der Waals surface area (Å²) in [6, 6.07) is 7.83. The molecule has 0 spiro atoms. The Labute approximate surface area is 123 Å². The lowest BCUT2D eigenvalue weighted by molar-refractivity contribution is 0.703. The van der Waals surface area contributed by atoms with Crippen LogP contribution in [0.1, 0.15) is 24.6 Å². The number of fused-ring (bicyclic) bond motifs is 1. The third-order valence-electron chi connectivity index (χ3n) is 3.80. The molecule has 0 atom stereocenters. The number of imidazole rings is 1. The molecule has 2 heterocycles. The molecular weight excluding hydrogens is 262 g/mol. The molecule has 0 saturated carbocycles. The molecule has 0 N–H and O–H groups in total. The molecule has 0 amide bonds. The molecule has 3 rings (SSSR count). The van der Waals surface area contributed by atoms with Gasteiger partial charge < -0.3 is 4.57 Å². The lowest BCUT2D eigenvalue weighted by atomic mass is 10.2. The van der Waals surface area contributed by atoms with Crippen molar-refractivity contribution in [2.24, 2.45) is 7.05 Å². The van der Waals surface area contributed by atoms with Crippen molar-refractivity contribution in [3.8, 4) is 17.5 Å². The highest BCUT2D eigenvalue weighted by atomic mass is 15.3. The van der Waals surface area contributed by atoms with Crippen LogP contribution in [0.2, 0.25) is 0 Å². The molecule has 0 saturated heterocycles. The van der Waals surface area contributed by atoms with Gasteiger partial charge in [0, 0.05) is 19.3 Å². The van der Waals surface area contributed by atoms with Crippen LogP contribution in [-0.2, 0) is 13.6 Å². The molecule has 0 aliphatic heterocycles. The standard InChI is InChI=1S/C16H17N5/c1-4-7-21-15-6-5-12(9-17)8-14(15)19-16(21)13-10-18-20(3)11(13)2/h5-6,8,10H,4,7H2,1-3H3. The van der Waals surface area contributed by atoms with Crippen LogP contribution >= 0.6 is 0 Å². The Morgan fingerprint density at radius 2 is 2.14 bits per heavy atom. The molecule has 3 aromatic rings. The van der Waals surface area contributed by atoms with E-state index in [4.69, 9.17) is 10.2 Å². The SMILES string of the molecule is CCCn1c(-c2cnn(C)c2C)nc2cc(C#N)ccc21. The van der Waals surface area contributed by atoms with Crippen molar-refractivity contribution < 1.29 is 0 Å². The number of hydrogen-bond acceptors (Lipinski definition) is 3. The number of nitrogens with zero attached hydrogens (tertiary/aromatic N) is 5. The molecule has 0 radical (unpaired) electrons. The van der Waals surface area contributed by atoms with Crippen LogP contribution in [0.3, 0.4) is 0 Å². The average Bonchev–Trinajstić information content (AvgIpc) is 3.00. The van der Waals surface area contributed by atoms with E-state index in [-0.39, 0.29) is 0 Å². The van der Waals surface area contributed by atoms with Gasteiger partial charge in [-0.2, -0.15) is 10.4 Å². The Morgan fingerprint density at radius 3 is 2.76 bits per heavy atom. The van der Waals surface area contributed by atoms with Crippen molar-refractivity contribution in [2.45, 2.75) is 26.8 Å². The molecule has 106 valence electrons. The van der Waals surface area contributed by atoms with Gasteiger partial charge in [-0.05, 0) is 31.5 Å². The van der Waals surface area contributed by atoms with E-state index in [1.807, 2.05) is 43.0 Å². The van der Waals surface area contributed by atoms with Gasteiger partial charge in [-0.15, -0.1) is 0 Å². The topological polar surface area (TPSA) is 59.4 Å². The summed E-state index contributed by atoms with van der Waals surface area (Å²) in [4.78, 5) is 4.74. The van der Waals surface area contributed by atoms with Crippen LogP contribution in [0, 0.1) is 18.3 Å². The van der Waals surface area contributed by atoms with Gasteiger partial charge in [0.15, 0.2) is 0 Å². The van der Waals surface area contributed by atoms with Gasteiger partial charge in [0.2, 0.25) is 0 Å². The van der Waals surface area contributed by atoms with Gasteiger partial charge in [-0.3, -0.25) is 4.68 Å². The third-order valence-corrected chi connectivity index (χ3v) is 3.80. The molecule has 0 fully saturated rings. The Bertz CT molecular complexity index is 848. The predicted molar refractivity (Wildman–Crippen MR) is 81.7 cm³/mol. The van der Waals surface area contributed by atoms with Crippen LogP contribution in [0.5, 0.6) is 0 Å². The summed E-state index contributed by atoms with van der Waals surface area (Å²) >= 11 is 0. The summed E-state index contributed by atoms with van der Waals surface area (Å²) in [5.74, 6) is 0.924. The van der Waals surface area contributed by atoms with E-state index in [9.17, 15) is 0 Å². The molecule has 0 bridgehead atoms. The van der Waals surface area contributed by atoms with Crippen LogP contribution in [0.4, 0.5) is 0 Å². The maximum Gasteiger partial charge on any atom is 0.144 e. The second-order valence-corrected chi connectivity index (χ2v) is 5.17. The first kappa shape index (κ1) is 13.4. The molecule has 0 aliphatic carbocycles. The second-order valence-electron chi connectivity index (χ2n) is 5.17. The normalized spacial score (nSPS) is 11.0. The molecule has 1 aromatic carbocycles. The zero-order valence-corrected chi connectivity index (χ0v) is 12.5. The molecule has 21 heavy (non-hydrogen) atoms. The van der Waals surface area contributed by atoms with E-state index in [0.717, 1.165) is 41.1 Å². The number of rotatable bonds is 3. The smallest absolute Gasteiger partial charge is 0.144 e. The summed E-state index contributed by atoms with van der Waals surface area (Å²) in [7, 11) is 1.93. The lowest BCUT2D eigenvalue weighted by Crippen LogP contribution is -2.00. The number of aromatic nitrogens is 4. The first-order valence-electron chi connectivity index (χ1n) is 7.05. The van der Waals surface area contributed by atoms with E-state index in [1.165, 1.54) is 0 Å². The van der Waals surface area contributed by atoms with Gasteiger partial charge in [-0.25, -0.2) is 4.98 Å². The minimum Gasteiger partial charge on any atom is -0.324 e. The first-order valence-corrected chi connectivity index (χ1v) is 7.05. The fourth-order valence-corrected chi connectivity index (χ4v) is 2.57. The summed E-state index contributed by atoms with van der Waals surface area (Å²) in [6.45, 7) is 5.08. The Morgan fingerprint density at radius 1 is 1.33 bits per heavy atom. The molecule has 5 heteroatoms. The zero-order valence-electron chi connectivity index (χ0n) is 12.5. The molecule has 0 aliphatic rings. The quantitative estimate of drug-likeness (QED) is 0.740. The third kappa shape index (κ3) is 2.09. The highest BCUT2D eigenvalue weighted by molar-refractivity contribution is 5.82. The number of benzene rings is 1. The first-order chi connectivity index (χ1) is 10.2. The van der Waals surface area contributed by atoms with Crippen molar-refractivity contribution in [1.29, 1.82) is 5.26 Å². The zero-order chi connectivity index (χ0) is 15.0. The molecule has 2 aromatic heterocycles. The maximum atomic E-state index is 9.04. The second kappa shape index (κ2) is 5.06. The van der Waals surface area contributed by atoms with E-state index in [0.29, 0.717) is 5.56 Å². The summed E-state index contributed by atoms with van der Waals surface area (Å²) in [5.41, 5.74) is 4.69. The molecule has 5 nitrogen and oxygen atoms in total. The summed E-state index contributed by atoms with van der Waals surface area (Å²) < 4.78 is 4.06. The molecular formula is C16H17N5. The van der Waals surface area contributed by atoms with Gasteiger partial charge in [0.1, 0.15) is 5.82 Å². The summed E-state index contributed by atoms with van der Waals surface area (Å²) in [5, 5.41) is 13.4. The predicted octanol–water partition coefficient (Wildman–Crippen LogP) is 3.03. The lowest BCUT2D eigenvalue weighted by Gasteiger charge is -2.07. The van der Waals surface area contributed by atoms with Crippen molar-refractivity contribution in [3.05, 3.63) is 35.7 Å². The minimum atomic E-state index is 0.637. The number of aryl methyl sites for hydroxylation is 2. The maximum absolute atomic E-state index is 9.04. The van der Waals surface area contributed by atoms with Gasteiger partial charge in [0.05, 0.1) is 34.4 Å². The van der Waals surface area contributed by atoms with Crippen molar-refractivity contribution in [2.75, 3.05) is 0 Å². The fraction of sp³-hybridized carbons (Fsp3) is 0.312. The fourth-order valence-electron chi connectivity index (χ4n) is 2.57. The van der Waals surface area contributed by atoms with E-state index in [1.54, 1.807) is 0 Å². The Kier molecular flexibility index (Phi) is 3.22. The summed E-state index contributed by atoms with van der Waals surface area (Å²) in [6.07, 6.45) is 2.88. The van der Waals surface area contributed by atoms with Crippen molar-refractivity contribution in [3.63, 3.8) is 0 Å². The average molecular weight is 279 g/mol.